The van der Waals surface area contributed by atoms with Gasteiger partial charge in [-0.2, -0.15) is 0 Å². The van der Waals surface area contributed by atoms with E-state index in [1.165, 1.54) is 11.3 Å². The first-order valence-electron chi connectivity index (χ1n) is 5.60. The second-order valence-corrected chi connectivity index (χ2v) is 9.99. The Balaban J connectivity index is 2.12. The van der Waals surface area contributed by atoms with Crippen molar-refractivity contribution < 1.29 is 13.2 Å². The van der Waals surface area contributed by atoms with Crippen molar-refractivity contribution in [1.82, 2.24) is 0 Å². The highest BCUT2D eigenvalue weighted by Gasteiger charge is 2.21. The average molecular weight is 438 g/mol. The van der Waals surface area contributed by atoms with Crippen LogP contribution in [0, 0.1) is 0 Å². The van der Waals surface area contributed by atoms with Crippen LogP contribution in [0.2, 0.25) is 0 Å². The van der Waals surface area contributed by atoms with Crippen LogP contribution < -0.4 is 0 Å². The molecule has 0 saturated heterocycles. The van der Waals surface area contributed by atoms with Crippen molar-refractivity contribution >= 4 is 58.8 Å². The van der Waals surface area contributed by atoms with Gasteiger partial charge in [-0.05, 0) is 43.5 Å². The van der Waals surface area contributed by atoms with Gasteiger partial charge < -0.3 is 0 Å². The van der Waals surface area contributed by atoms with Gasteiger partial charge in [-0.15, -0.1) is 11.3 Å². The molecule has 1 aromatic heterocycles. The van der Waals surface area contributed by atoms with Gasteiger partial charge in [0, 0.05) is 5.56 Å². The number of hydrogen-bond acceptors (Lipinski definition) is 4. The van der Waals surface area contributed by atoms with Gasteiger partial charge in [0.2, 0.25) is 0 Å². The smallest absolute Gasteiger partial charge is 0.179 e. The average Bonchev–Trinajstić information content (AvgIpc) is 2.68. The van der Waals surface area contributed by atoms with E-state index in [0.29, 0.717) is 14.9 Å². The van der Waals surface area contributed by atoms with Crippen molar-refractivity contribution in [3.8, 4) is 0 Å². The Morgan fingerprint density at radius 1 is 1.15 bits per heavy atom. The van der Waals surface area contributed by atoms with E-state index < -0.39 is 21.4 Å². The van der Waals surface area contributed by atoms with E-state index in [0.717, 1.165) is 3.79 Å². The third kappa shape index (κ3) is 4.25. The van der Waals surface area contributed by atoms with E-state index >= 15 is 0 Å². The molecule has 0 fully saturated rings. The Kier molecular flexibility index (Phi) is 5.17. The molecular formula is C13H10Br2O3S2. The first-order valence-corrected chi connectivity index (χ1v) is 9.82. The lowest BCUT2D eigenvalue weighted by Crippen LogP contribution is -2.17. The van der Waals surface area contributed by atoms with Crippen molar-refractivity contribution in [3.63, 3.8) is 0 Å². The minimum Gasteiger partial charge on any atom is -0.293 e. The van der Waals surface area contributed by atoms with Crippen molar-refractivity contribution in [1.29, 1.82) is 0 Å². The first-order chi connectivity index (χ1) is 9.37. The summed E-state index contributed by atoms with van der Waals surface area (Å²) in [6.45, 7) is 0. The Morgan fingerprint density at radius 2 is 1.80 bits per heavy atom. The minimum absolute atomic E-state index is 0.123. The van der Waals surface area contributed by atoms with Crippen molar-refractivity contribution in [2.24, 2.45) is 0 Å². The van der Waals surface area contributed by atoms with Crippen LogP contribution in [0.3, 0.4) is 0 Å². The molecule has 1 heterocycles. The van der Waals surface area contributed by atoms with Gasteiger partial charge in [0.25, 0.3) is 0 Å². The largest absolute Gasteiger partial charge is 0.293 e. The van der Waals surface area contributed by atoms with E-state index in [1.54, 1.807) is 30.3 Å². The summed E-state index contributed by atoms with van der Waals surface area (Å²) in [6, 6.07) is 10.5. The summed E-state index contributed by atoms with van der Waals surface area (Å²) in [7, 11) is -3.47. The van der Waals surface area contributed by atoms with Crippen LogP contribution in [0.15, 0.2) is 44.0 Å². The standard InChI is InChI=1S/C13H10Br2O3S2/c14-12-6-10(13(15)19-12)11(16)8-20(17,18)7-9-4-2-1-3-5-9/h1-6H,7-8H2. The number of sulfone groups is 1. The lowest BCUT2D eigenvalue weighted by Gasteiger charge is -2.03. The molecule has 0 aliphatic carbocycles. The molecule has 0 aliphatic rings. The van der Waals surface area contributed by atoms with E-state index in [9.17, 15) is 13.2 Å². The van der Waals surface area contributed by atoms with Crippen LogP contribution in [-0.4, -0.2) is 20.0 Å². The zero-order valence-electron chi connectivity index (χ0n) is 10.2. The molecule has 0 spiro atoms. The minimum atomic E-state index is -3.47. The van der Waals surface area contributed by atoms with Gasteiger partial charge in [-0.3, -0.25) is 4.79 Å². The molecular weight excluding hydrogens is 428 g/mol. The zero-order chi connectivity index (χ0) is 14.8. The van der Waals surface area contributed by atoms with Crippen LogP contribution >= 0.6 is 43.2 Å². The molecule has 0 bridgehead atoms. The molecule has 1 aromatic carbocycles. The molecule has 0 amide bonds. The second kappa shape index (κ2) is 6.51. The van der Waals surface area contributed by atoms with Crippen LogP contribution in [-0.2, 0) is 15.6 Å². The highest BCUT2D eigenvalue weighted by atomic mass is 79.9. The lowest BCUT2D eigenvalue weighted by molar-refractivity contribution is 0.102. The monoisotopic (exact) mass is 436 g/mol. The van der Waals surface area contributed by atoms with Crippen LogP contribution in [0.25, 0.3) is 0 Å². The predicted molar refractivity (Wildman–Crippen MR) is 88.0 cm³/mol. The molecule has 0 aliphatic heterocycles. The van der Waals surface area contributed by atoms with E-state index in [2.05, 4.69) is 31.9 Å². The highest BCUT2D eigenvalue weighted by Crippen LogP contribution is 2.32. The van der Waals surface area contributed by atoms with E-state index in [-0.39, 0.29) is 5.75 Å². The Labute approximate surface area is 138 Å². The third-order valence-electron chi connectivity index (χ3n) is 2.54. The molecule has 0 atom stereocenters. The Hall–Kier alpha value is -0.500. The molecule has 0 N–H and O–H groups in total. The molecule has 20 heavy (non-hydrogen) atoms. The number of carbonyl (C=O) groups excluding carboxylic acids is 1. The number of Topliss-reactive ketones (excluding diaryl/α,β-unsaturated/α-hetero) is 1. The summed E-state index contributed by atoms with van der Waals surface area (Å²) < 4.78 is 25.5. The summed E-state index contributed by atoms with van der Waals surface area (Å²) in [5, 5.41) is 0. The fourth-order valence-corrected chi connectivity index (χ4v) is 5.90. The second-order valence-electron chi connectivity index (χ2n) is 4.18. The summed E-state index contributed by atoms with van der Waals surface area (Å²) in [5.74, 6) is -0.999. The number of hydrogen-bond donors (Lipinski definition) is 0. The summed E-state index contributed by atoms with van der Waals surface area (Å²) in [4.78, 5) is 12.1. The Bertz CT molecular complexity index is 721. The number of carbonyl (C=O) groups is 1. The highest BCUT2D eigenvalue weighted by molar-refractivity contribution is 9.12. The normalized spacial score (nSPS) is 11.5. The first kappa shape index (κ1) is 15.9. The van der Waals surface area contributed by atoms with Gasteiger partial charge in [0.05, 0.1) is 13.3 Å². The number of benzene rings is 1. The van der Waals surface area contributed by atoms with Crippen molar-refractivity contribution in [2.75, 3.05) is 5.75 Å². The topological polar surface area (TPSA) is 51.2 Å². The van der Waals surface area contributed by atoms with Gasteiger partial charge in [-0.1, -0.05) is 30.3 Å². The quantitative estimate of drug-likeness (QED) is 0.662. The molecule has 0 saturated carbocycles. The number of thiophene rings is 1. The SMILES string of the molecule is O=C(CS(=O)(=O)Cc1ccccc1)c1cc(Br)sc1Br. The van der Waals surface area contributed by atoms with Crippen LogP contribution in [0.4, 0.5) is 0 Å². The van der Waals surface area contributed by atoms with E-state index in [4.69, 9.17) is 0 Å². The van der Waals surface area contributed by atoms with Gasteiger partial charge >= 0.3 is 0 Å². The fraction of sp³-hybridized carbons (Fsp3) is 0.154. The maximum atomic E-state index is 12.1. The number of rotatable bonds is 5. The maximum absolute atomic E-state index is 12.1. The fourth-order valence-electron chi connectivity index (χ4n) is 1.69. The summed E-state index contributed by atoms with van der Waals surface area (Å²) in [5.41, 5.74) is 1.09. The van der Waals surface area contributed by atoms with E-state index in [1.807, 2.05) is 6.07 Å². The molecule has 7 heteroatoms. The molecule has 2 aromatic rings. The molecule has 3 nitrogen and oxygen atoms in total. The molecule has 0 unspecified atom stereocenters. The lowest BCUT2D eigenvalue weighted by atomic mass is 10.2. The van der Waals surface area contributed by atoms with Crippen molar-refractivity contribution in [3.05, 3.63) is 55.1 Å². The summed E-state index contributed by atoms with van der Waals surface area (Å²) >= 11 is 7.88. The zero-order valence-corrected chi connectivity index (χ0v) is 15.0. The number of halogens is 2. The molecule has 2 rings (SSSR count). The van der Waals surface area contributed by atoms with Gasteiger partial charge in [0.1, 0.15) is 5.75 Å². The van der Waals surface area contributed by atoms with Crippen molar-refractivity contribution in [2.45, 2.75) is 5.75 Å². The molecule has 0 radical (unpaired) electrons. The maximum Gasteiger partial charge on any atom is 0.179 e. The molecule has 106 valence electrons. The van der Waals surface area contributed by atoms with Gasteiger partial charge in [0.15, 0.2) is 15.6 Å². The third-order valence-corrected chi connectivity index (χ3v) is 6.35. The number of ketones is 1. The summed E-state index contributed by atoms with van der Waals surface area (Å²) in [6.07, 6.45) is 0. The van der Waals surface area contributed by atoms with Crippen LogP contribution in [0.1, 0.15) is 15.9 Å². The Morgan fingerprint density at radius 3 is 2.35 bits per heavy atom. The van der Waals surface area contributed by atoms with Gasteiger partial charge in [-0.25, -0.2) is 8.42 Å². The van der Waals surface area contributed by atoms with Crippen LogP contribution in [0.5, 0.6) is 0 Å². The predicted octanol–water partition coefficient (Wildman–Crippen LogP) is 4.07.